The van der Waals surface area contributed by atoms with Crippen molar-refractivity contribution >= 4 is 43.5 Å². The molecule has 0 aromatic heterocycles. The van der Waals surface area contributed by atoms with Crippen molar-refractivity contribution in [3.63, 3.8) is 0 Å². The summed E-state index contributed by atoms with van der Waals surface area (Å²) in [6.07, 6.45) is 2.18. The lowest BCUT2D eigenvalue weighted by atomic mass is 10.0. The van der Waals surface area contributed by atoms with Crippen LogP contribution in [-0.2, 0) is 0 Å². The van der Waals surface area contributed by atoms with E-state index in [2.05, 4.69) is 51.8 Å². The second-order valence-electron chi connectivity index (χ2n) is 4.10. The van der Waals surface area contributed by atoms with Crippen molar-refractivity contribution in [3.05, 3.63) is 32.7 Å². The molecule has 1 aromatic rings. The average molecular weight is 355 g/mol. The van der Waals surface area contributed by atoms with E-state index in [-0.39, 0.29) is 5.38 Å². The van der Waals surface area contributed by atoms with Crippen molar-refractivity contribution in [3.8, 4) is 0 Å². The molecule has 84 valence electrons. The Bertz CT molecular complexity index is 323. The van der Waals surface area contributed by atoms with Crippen molar-refractivity contribution < 1.29 is 0 Å². The minimum atomic E-state index is 0.0966. The van der Waals surface area contributed by atoms with Gasteiger partial charge >= 0.3 is 0 Å². The lowest BCUT2D eigenvalue weighted by Crippen LogP contribution is -1.95. The van der Waals surface area contributed by atoms with Crippen LogP contribution in [0.3, 0.4) is 0 Å². The van der Waals surface area contributed by atoms with Gasteiger partial charge in [-0.1, -0.05) is 45.7 Å². The first-order valence-corrected chi connectivity index (χ1v) is 7.12. The minimum Gasteiger partial charge on any atom is -0.118 e. The van der Waals surface area contributed by atoms with Gasteiger partial charge in [0.2, 0.25) is 0 Å². The number of halogens is 3. The molecule has 0 N–H and O–H groups in total. The lowest BCUT2D eigenvalue weighted by Gasteiger charge is -2.13. The quantitative estimate of drug-likeness (QED) is 0.588. The Morgan fingerprint density at radius 3 is 2.47 bits per heavy atom. The number of alkyl halides is 1. The summed E-state index contributed by atoms with van der Waals surface area (Å²) in [5, 5.41) is 0.0966. The Labute approximate surface area is 114 Å². The summed E-state index contributed by atoms with van der Waals surface area (Å²) in [6, 6.07) is 6.13. The van der Waals surface area contributed by atoms with Crippen LogP contribution in [0, 0.1) is 5.92 Å². The van der Waals surface area contributed by atoms with Gasteiger partial charge in [-0.2, -0.15) is 0 Å². The smallest absolute Gasteiger partial charge is 0.0596 e. The van der Waals surface area contributed by atoms with Gasteiger partial charge in [-0.25, -0.2) is 0 Å². The Morgan fingerprint density at radius 1 is 1.20 bits per heavy atom. The van der Waals surface area contributed by atoms with Crippen LogP contribution in [-0.4, -0.2) is 0 Å². The number of rotatable bonds is 4. The molecule has 3 heteroatoms. The number of hydrogen-bond donors (Lipinski definition) is 0. The first kappa shape index (κ1) is 13.5. The van der Waals surface area contributed by atoms with E-state index in [1.807, 2.05) is 12.1 Å². The van der Waals surface area contributed by atoms with E-state index >= 15 is 0 Å². The van der Waals surface area contributed by atoms with E-state index < -0.39 is 0 Å². The molecule has 0 nitrogen and oxygen atoms in total. The second-order valence-corrected chi connectivity index (χ2v) is 6.40. The van der Waals surface area contributed by atoms with Crippen molar-refractivity contribution in [2.75, 3.05) is 0 Å². The summed E-state index contributed by atoms with van der Waals surface area (Å²) >= 11 is 13.4. The summed E-state index contributed by atoms with van der Waals surface area (Å²) in [4.78, 5) is 0. The van der Waals surface area contributed by atoms with E-state index in [4.69, 9.17) is 11.6 Å². The van der Waals surface area contributed by atoms with Crippen LogP contribution in [0.15, 0.2) is 27.1 Å². The maximum atomic E-state index is 6.38. The molecule has 1 atom stereocenters. The van der Waals surface area contributed by atoms with E-state index in [9.17, 15) is 0 Å². The summed E-state index contributed by atoms with van der Waals surface area (Å²) in [7, 11) is 0. The predicted molar refractivity (Wildman–Crippen MR) is 74.5 cm³/mol. The average Bonchev–Trinajstić information content (AvgIpc) is 2.18. The molecule has 0 aliphatic carbocycles. The van der Waals surface area contributed by atoms with Crippen LogP contribution in [0.2, 0.25) is 0 Å². The van der Waals surface area contributed by atoms with Crippen LogP contribution in [0.4, 0.5) is 0 Å². The van der Waals surface area contributed by atoms with Gasteiger partial charge in [0, 0.05) is 8.95 Å². The molecule has 1 unspecified atom stereocenters. The molecule has 1 rings (SSSR count). The fraction of sp³-hybridized carbons (Fsp3) is 0.500. The highest BCUT2D eigenvalue weighted by atomic mass is 79.9. The van der Waals surface area contributed by atoms with E-state index in [1.54, 1.807) is 0 Å². The van der Waals surface area contributed by atoms with Gasteiger partial charge in [0.05, 0.1) is 5.38 Å². The molecule has 0 aliphatic heterocycles. The van der Waals surface area contributed by atoms with Gasteiger partial charge < -0.3 is 0 Å². The predicted octanol–water partition coefficient (Wildman–Crippen LogP) is 5.93. The molecule has 0 heterocycles. The Balaban J connectivity index is 2.72. The Morgan fingerprint density at radius 2 is 1.87 bits per heavy atom. The topological polar surface area (TPSA) is 0 Å². The van der Waals surface area contributed by atoms with E-state index in [0.717, 1.165) is 21.8 Å². The van der Waals surface area contributed by atoms with Gasteiger partial charge in [0.1, 0.15) is 0 Å². The summed E-state index contributed by atoms with van der Waals surface area (Å²) in [6.45, 7) is 4.44. The first-order valence-electron chi connectivity index (χ1n) is 5.09. The van der Waals surface area contributed by atoms with Gasteiger partial charge in [0.15, 0.2) is 0 Å². The van der Waals surface area contributed by atoms with Crippen molar-refractivity contribution in [2.45, 2.75) is 32.1 Å². The Kier molecular flexibility index (Phi) is 5.65. The fourth-order valence-corrected chi connectivity index (χ4v) is 2.73. The van der Waals surface area contributed by atoms with Crippen LogP contribution in [0.5, 0.6) is 0 Å². The maximum absolute atomic E-state index is 6.38. The van der Waals surface area contributed by atoms with Crippen molar-refractivity contribution in [1.29, 1.82) is 0 Å². The molecule has 0 saturated heterocycles. The number of benzene rings is 1. The standard InChI is InChI=1S/C12H15Br2Cl/c1-8(2)3-6-12(15)10-7-9(13)4-5-11(10)14/h4-5,7-8,12H,3,6H2,1-2H3. The molecule has 0 bridgehead atoms. The van der Waals surface area contributed by atoms with Crippen LogP contribution < -0.4 is 0 Å². The van der Waals surface area contributed by atoms with Crippen molar-refractivity contribution in [1.82, 2.24) is 0 Å². The molecule has 0 fully saturated rings. The van der Waals surface area contributed by atoms with Gasteiger partial charge in [0.25, 0.3) is 0 Å². The monoisotopic (exact) mass is 352 g/mol. The molecule has 15 heavy (non-hydrogen) atoms. The zero-order valence-electron chi connectivity index (χ0n) is 8.93. The first-order chi connectivity index (χ1) is 7.00. The summed E-state index contributed by atoms with van der Waals surface area (Å²) in [5.41, 5.74) is 1.17. The molecule has 1 aromatic carbocycles. The third-order valence-corrected chi connectivity index (χ3v) is 3.96. The highest BCUT2D eigenvalue weighted by molar-refractivity contribution is 9.11. The number of hydrogen-bond acceptors (Lipinski definition) is 0. The molecule has 0 amide bonds. The minimum absolute atomic E-state index is 0.0966. The highest BCUT2D eigenvalue weighted by Gasteiger charge is 2.12. The molecule has 0 saturated carbocycles. The van der Waals surface area contributed by atoms with Crippen LogP contribution >= 0.6 is 43.5 Å². The fourth-order valence-electron chi connectivity index (χ4n) is 1.39. The zero-order chi connectivity index (χ0) is 11.4. The van der Waals surface area contributed by atoms with E-state index in [1.165, 1.54) is 5.56 Å². The third kappa shape index (κ3) is 4.46. The summed E-state index contributed by atoms with van der Waals surface area (Å²) < 4.78 is 2.17. The van der Waals surface area contributed by atoms with Crippen LogP contribution in [0.25, 0.3) is 0 Å². The summed E-state index contributed by atoms with van der Waals surface area (Å²) in [5.74, 6) is 0.706. The molecular weight excluding hydrogens is 339 g/mol. The molecule has 0 radical (unpaired) electrons. The lowest BCUT2D eigenvalue weighted by molar-refractivity contribution is 0.548. The Hall–Kier alpha value is 0.470. The van der Waals surface area contributed by atoms with Crippen molar-refractivity contribution in [2.24, 2.45) is 5.92 Å². The maximum Gasteiger partial charge on any atom is 0.0596 e. The third-order valence-electron chi connectivity index (χ3n) is 2.29. The largest absolute Gasteiger partial charge is 0.118 e. The van der Waals surface area contributed by atoms with Gasteiger partial charge in [-0.3, -0.25) is 0 Å². The highest BCUT2D eigenvalue weighted by Crippen LogP contribution is 2.34. The van der Waals surface area contributed by atoms with Gasteiger partial charge in [-0.15, -0.1) is 11.6 Å². The normalized spacial score (nSPS) is 13.2. The second kappa shape index (κ2) is 6.27. The van der Waals surface area contributed by atoms with E-state index in [0.29, 0.717) is 5.92 Å². The van der Waals surface area contributed by atoms with Crippen LogP contribution in [0.1, 0.15) is 37.6 Å². The zero-order valence-corrected chi connectivity index (χ0v) is 12.9. The molecule has 0 spiro atoms. The van der Waals surface area contributed by atoms with Gasteiger partial charge in [-0.05, 0) is 42.5 Å². The molecular formula is C12H15Br2Cl. The molecule has 0 aliphatic rings. The SMILES string of the molecule is CC(C)CCC(Cl)c1cc(Br)ccc1Br.